The molecule has 2 N–H and O–H groups in total. The van der Waals surface area contributed by atoms with Crippen LogP contribution in [0.3, 0.4) is 0 Å². The van der Waals surface area contributed by atoms with Crippen LogP contribution in [-0.4, -0.2) is 31.1 Å². The number of thioether (sulfide) groups is 1. The Balaban J connectivity index is 0.00000361. The van der Waals surface area contributed by atoms with Gasteiger partial charge >= 0.3 is 0 Å². The van der Waals surface area contributed by atoms with Gasteiger partial charge in [0.25, 0.3) is 0 Å². The van der Waals surface area contributed by atoms with E-state index >= 15 is 0 Å². The van der Waals surface area contributed by atoms with Crippen LogP contribution in [0, 0.1) is 5.82 Å². The van der Waals surface area contributed by atoms with Gasteiger partial charge in [-0.15, -0.1) is 24.0 Å². The highest BCUT2D eigenvalue weighted by atomic mass is 127. The Morgan fingerprint density at radius 3 is 2.75 bits per heavy atom. The van der Waals surface area contributed by atoms with Crippen LogP contribution < -0.4 is 10.6 Å². The molecule has 0 radical (unpaired) electrons. The fourth-order valence-electron chi connectivity index (χ4n) is 1.42. The molecule has 0 aliphatic heterocycles. The van der Waals surface area contributed by atoms with Gasteiger partial charge < -0.3 is 10.6 Å². The summed E-state index contributed by atoms with van der Waals surface area (Å²) in [6.45, 7) is 4.14. The van der Waals surface area contributed by atoms with Crippen LogP contribution in [0.5, 0.6) is 0 Å². The lowest BCUT2D eigenvalue weighted by atomic mass is 10.2. The average molecular weight is 432 g/mol. The maximum atomic E-state index is 13.0. The first kappa shape index (κ1) is 19.8. The van der Waals surface area contributed by atoms with E-state index in [4.69, 9.17) is 11.6 Å². The topological polar surface area (TPSA) is 36.4 Å². The molecule has 7 heteroatoms. The summed E-state index contributed by atoms with van der Waals surface area (Å²) in [6, 6.07) is 4.66. The third kappa shape index (κ3) is 7.54. The number of aliphatic imine (C=N–C) groups is 1. The second-order valence-corrected chi connectivity index (χ2v) is 5.26. The molecule has 0 atom stereocenters. The predicted molar refractivity (Wildman–Crippen MR) is 98.0 cm³/mol. The van der Waals surface area contributed by atoms with Crippen LogP contribution in [0.1, 0.15) is 12.5 Å². The molecule has 1 rings (SSSR count). The third-order valence-electron chi connectivity index (χ3n) is 2.35. The van der Waals surface area contributed by atoms with E-state index < -0.39 is 5.82 Å². The van der Waals surface area contributed by atoms with Gasteiger partial charge in [0.05, 0.1) is 11.6 Å². The summed E-state index contributed by atoms with van der Waals surface area (Å²) in [7, 11) is 0. The molecule has 20 heavy (non-hydrogen) atoms. The number of rotatable bonds is 6. The minimum Gasteiger partial charge on any atom is -0.357 e. The van der Waals surface area contributed by atoms with Crippen molar-refractivity contribution in [1.29, 1.82) is 0 Å². The van der Waals surface area contributed by atoms with Crippen LogP contribution in [0.25, 0.3) is 0 Å². The number of hydrogen-bond donors (Lipinski definition) is 2. The zero-order valence-corrected chi connectivity index (χ0v) is 15.5. The summed E-state index contributed by atoms with van der Waals surface area (Å²) in [5.74, 6) is 1.38. The van der Waals surface area contributed by atoms with Crippen LogP contribution in [0.2, 0.25) is 5.02 Å². The fraction of sp³-hybridized carbons (Fsp3) is 0.462. The van der Waals surface area contributed by atoms with Crippen molar-refractivity contribution in [3.8, 4) is 0 Å². The van der Waals surface area contributed by atoms with E-state index in [1.54, 1.807) is 23.9 Å². The van der Waals surface area contributed by atoms with Crippen LogP contribution in [0.4, 0.5) is 4.39 Å². The maximum Gasteiger partial charge on any atom is 0.191 e. The monoisotopic (exact) mass is 431 g/mol. The quantitative estimate of drug-likeness (QED) is 0.313. The molecule has 0 unspecified atom stereocenters. The summed E-state index contributed by atoms with van der Waals surface area (Å²) < 4.78 is 13.0. The lowest BCUT2D eigenvalue weighted by molar-refractivity contribution is 0.627. The molecule has 0 aliphatic carbocycles. The van der Waals surface area contributed by atoms with Crippen molar-refractivity contribution in [2.75, 3.05) is 25.1 Å². The van der Waals surface area contributed by atoms with E-state index in [1.165, 1.54) is 6.07 Å². The van der Waals surface area contributed by atoms with Gasteiger partial charge in [0.15, 0.2) is 5.96 Å². The summed E-state index contributed by atoms with van der Waals surface area (Å²) in [4.78, 5) is 4.43. The van der Waals surface area contributed by atoms with Gasteiger partial charge in [-0.25, -0.2) is 9.38 Å². The molecule has 0 heterocycles. The molecule has 114 valence electrons. The van der Waals surface area contributed by atoms with Gasteiger partial charge in [0.2, 0.25) is 0 Å². The van der Waals surface area contributed by atoms with Crippen LogP contribution >= 0.6 is 47.3 Å². The first-order chi connectivity index (χ1) is 9.17. The summed E-state index contributed by atoms with van der Waals surface area (Å²) in [5.41, 5.74) is 0.883. The minimum atomic E-state index is -0.403. The first-order valence-corrected chi connectivity index (χ1v) is 7.89. The second-order valence-electron chi connectivity index (χ2n) is 3.86. The average Bonchev–Trinajstić information content (AvgIpc) is 2.40. The summed E-state index contributed by atoms with van der Waals surface area (Å²) in [5, 5.41) is 6.52. The van der Waals surface area contributed by atoms with Crippen molar-refractivity contribution >= 4 is 53.3 Å². The predicted octanol–water partition coefficient (Wildman–Crippen LogP) is 3.52. The van der Waals surface area contributed by atoms with Crippen molar-refractivity contribution in [3.63, 3.8) is 0 Å². The molecule has 0 fully saturated rings. The Kier molecular flexibility index (Phi) is 11.3. The van der Waals surface area contributed by atoms with Crippen molar-refractivity contribution in [1.82, 2.24) is 10.6 Å². The number of halogens is 3. The van der Waals surface area contributed by atoms with Crippen LogP contribution in [-0.2, 0) is 6.54 Å². The number of nitrogens with one attached hydrogen (secondary N) is 2. The van der Waals surface area contributed by atoms with Gasteiger partial charge in [-0.05, 0) is 30.9 Å². The highest BCUT2D eigenvalue weighted by Crippen LogP contribution is 2.16. The summed E-state index contributed by atoms with van der Waals surface area (Å²) in [6.07, 6.45) is 2.06. The Bertz CT molecular complexity index is 432. The molecule has 0 bridgehead atoms. The van der Waals surface area contributed by atoms with Crippen molar-refractivity contribution < 1.29 is 4.39 Å². The Labute approximate surface area is 146 Å². The molecule has 0 saturated carbocycles. The largest absolute Gasteiger partial charge is 0.357 e. The smallest absolute Gasteiger partial charge is 0.191 e. The van der Waals surface area contributed by atoms with E-state index in [0.717, 1.165) is 30.4 Å². The standard InChI is InChI=1S/C13H19ClFN3S.HI/c1-3-16-13(17-6-7-19-2)18-9-10-4-5-12(15)11(14)8-10;/h4-5,8H,3,6-7,9H2,1-2H3,(H2,16,17,18);1H. The lowest BCUT2D eigenvalue weighted by Gasteiger charge is -2.10. The zero-order chi connectivity index (χ0) is 14.1. The number of hydrogen-bond acceptors (Lipinski definition) is 2. The highest BCUT2D eigenvalue weighted by molar-refractivity contribution is 14.0. The van der Waals surface area contributed by atoms with Gasteiger partial charge in [-0.2, -0.15) is 11.8 Å². The minimum absolute atomic E-state index is 0. The lowest BCUT2D eigenvalue weighted by Crippen LogP contribution is -2.38. The second kappa shape index (κ2) is 11.4. The first-order valence-electron chi connectivity index (χ1n) is 6.12. The SMILES string of the molecule is CCNC(=NCc1ccc(F)c(Cl)c1)NCCSC.I. The molecule has 0 amide bonds. The van der Waals surface area contributed by atoms with Crippen molar-refractivity contribution in [3.05, 3.63) is 34.6 Å². The molecule has 0 spiro atoms. The fourth-order valence-corrected chi connectivity index (χ4v) is 1.93. The zero-order valence-electron chi connectivity index (χ0n) is 11.6. The molecule has 0 saturated heterocycles. The van der Waals surface area contributed by atoms with Gasteiger partial charge in [-0.3, -0.25) is 0 Å². The number of nitrogens with zero attached hydrogens (tertiary/aromatic N) is 1. The molecule has 1 aromatic carbocycles. The Morgan fingerprint density at radius 1 is 1.40 bits per heavy atom. The molecule has 1 aromatic rings. The van der Waals surface area contributed by atoms with E-state index in [0.29, 0.717) is 6.54 Å². The normalized spacial score (nSPS) is 10.9. The molecule has 3 nitrogen and oxygen atoms in total. The summed E-state index contributed by atoms with van der Waals surface area (Å²) >= 11 is 7.51. The Morgan fingerprint density at radius 2 is 2.15 bits per heavy atom. The van der Waals surface area contributed by atoms with Crippen molar-refractivity contribution in [2.24, 2.45) is 4.99 Å². The van der Waals surface area contributed by atoms with Crippen LogP contribution in [0.15, 0.2) is 23.2 Å². The van der Waals surface area contributed by atoms with E-state index in [2.05, 4.69) is 21.9 Å². The Hall–Kier alpha value is -0.210. The molecule has 0 aliphatic rings. The number of guanidine groups is 1. The third-order valence-corrected chi connectivity index (χ3v) is 3.25. The maximum absolute atomic E-state index is 13.0. The molecular weight excluding hydrogens is 412 g/mol. The van der Waals surface area contributed by atoms with Crippen molar-refractivity contribution in [2.45, 2.75) is 13.5 Å². The van der Waals surface area contributed by atoms with Gasteiger partial charge in [0, 0.05) is 18.8 Å². The van der Waals surface area contributed by atoms with E-state index in [1.807, 2.05) is 6.92 Å². The number of benzene rings is 1. The van der Waals surface area contributed by atoms with Gasteiger partial charge in [0.1, 0.15) is 5.82 Å². The molecule has 0 aromatic heterocycles. The van der Waals surface area contributed by atoms with E-state index in [-0.39, 0.29) is 29.0 Å². The van der Waals surface area contributed by atoms with E-state index in [9.17, 15) is 4.39 Å². The molecular formula is C13H20ClFIN3S. The van der Waals surface area contributed by atoms with Gasteiger partial charge in [-0.1, -0.05) is 17.7 Å². The highest BCUT2D eigenvalue weighted by Gasteiger charge is 2.01.